The van der Waals surface area contributed by atoms with Crippen LogP contribution in [0.15, 0.2) is 0 Å². The fourth-order valence-corrected chi connectivity index (χ4v) is 4.77. The van der Waals surface area contributed by atoms with E-state index in [0.29, 0.717) is 44.3 Å². The Bertz CT molecular complexity index is 465. The maximum atomic E-state index is 12.6. The Hall–Kier alpha value is -0.660. The molecule has 7 heteroatoms. The summed E-state index contributed by atoms with van der Waals surface area (Å²) in [7, 11) is -3.50. The summed E-state index contributed by atoms with van der Waals surface area (Å²) in [6, 6.07) is 0. The quantitative estimate of drug-likeness (QED) is 0.844. The van der Waals surface area contributed by atoms with Crippen LogP contribution < -0.4 is 0 Å². The van der Waals surface area contributed by atoms with Gasteiger partial charge in [0, 0.05) is 26.2 Å². The molecule has 20 heavy (non-hydrogen) atoms. The molecule has 1 N–H and O–H groups in total. The van der Waals surface area contributed by atoms with Crippen LogP contribution in [0.3, 0.4) is 0 Å². The number of carbonyl (C=O) groups is 1. The van der Waals surface area contributed by atoms with Crippen molar-refractivity contribution in [3.05, 3.63) is 0 Å². The van der Waals surface area contributed by atoms with Crippen LogP contribution in [0.1, 0.15) is 33.1 Å². The van der Waals surface area contributed by atoms with Crippen LogP contribution in [0.25, 0.3) is 0 Å². The lowest BCUT2D eigenvalue weighted by Crippen LogP contribution is -2.52. The van der Waals surface area contributed by atoms with Crippen LogP contribution in [0.5, 0.6) is 0 Å². The molecule has 0 aromatic heterocycles. The molecule has 3 atom stereocenters. The summed E-state index contributed by atoms with van der Waals surface area (Å²) < 4.78 is 28.1. The van der Waals surface area contributed by atoms with Crippen molar-refractivity contribution < 1.29 is 18.3 Å². The third kappa shape index (κ3) is 3.15. The van der Waals surface area contributed by atoms with E-state index in [9.17, 15) is 13.2 Å². The van der Waals surface area contributed by atoms with Crippen molar-refractivity contribution in [2.24, 2.45) is 17.8 Å². The van der Waals surface area contributed by atoms with Gasteiger partial charge in [-0.15, -0.1) is 0 Å². The molecular weight excluding hydrogens is 280 g/mol. The van der Waals surface area contributed by atoms with E-state index in [1.165, 1.54) is 8.61 Å². The summed E-state index contributed by atoms with van der Waals surface area (Å²) in [4.78, 5) is 11.1. The van der Waals surface area contributed by atoms with Crippen LogP contribution in [0.2, 0.25) is 0 Å². The van der Waals surface area contributed by atoms with Gasteiger partial charge in [0.1, 0.15) is 0 Å². The van der Waals surface area contributed by atoms with Crippen LogP contribution in [0, 0.1) is 17.8 Å². The van der Waals surface area contributed by atoms with Gasteiger partial charge < -0.3 is 5.11 Å². The average Bonchev–Trinajstić information content (AvgIpc) is 2.42. The first-order valence-corrected chi connectivity index (χ1v) is 8.70. The van der Waals surface area contributed by atoms with Crippen molar-refractivity contribution in [2.45, 2.75) is 33.1 Å². The van der Waals surface area contributed by atoms with E-state index in [1.807, 2.05) is 0 Å². The van der Waals surface area contributed by atoms with Crippen LogP contribution in [0.4, 0.5) is 0 Å². The Labute approximate surface area is 120 Å². The maximum absolute atomic E-state index is 12.6. The summed E-state index contributed by atoms with van der Waals surface area (Å²) >= 11 is 0. The minimum absolute atomic E-state index is 0.109. The van der Waals surface area contributed by atoms with Crippen LogP contribution in [-0.4, -0.2) is 54.3 Å². The van der Waals surface area contributed by atoms with E-state index in [-0.39, 0.29) is 6.54 Å². The second-order valence-corrected chi connectivity index (χ2v) is 8.07. The Morgan fingerprint density at radius 2 is 1.70 bits per heavy atom. The fraction of sp³-hybridized carbons (Fsp3) is 0.923. The first-order chi connectivity index (χ1) is 9.32. The maximum Gasteiger partial charge on any atom is 0.307 e. The van der Waals surface area contributed by atoms with Crippen molar-refractivity contribution in [1.82, 2.24) is 8.61 Å². The topological polar surface area (TPSA) is 77.9 Å². The van der Waals surface area contributed by atoms with Gasteiger partial charge in [-0.3, -0.25) is 4.79 Å². The molecule has 0 saturated carbocycles. The summed E-state index contributed by atoms with van der Waals surface area (Å²) in [5.41, 5.74) is 0. The summed E-state index contributed by atoms with van der Waals surface area (Å²) in [5, 5.41) is 9.07. The third-order valence-corrected chi connectivity index (χ3v) is 6.65. The number of carboxylic acids is 1. The van der Waals surface area contributed by atoms with Gasteiger partial charge in [0.2, 0.25) is 0 Å². The molecule has 0 bridgehead atoms. The molecule has 0 amide bonds. The molecule has 3 unspecified atom stereocenters. The van der Waals surface area contributed by atoms with E-state index in [0.717, 1.165) is 6.42 Å². The number of nitrogens with zero attached hydrogens (tertiary/aromatic N) is 2. The molecule has 0 spiro atoms. The van der Waals surface area contributed by atoms with Crippen molar-refractivity contribution >= 4 is 16.2 Å². The van der Waals surface area contributed by atoms with E-state index in [1.54, 1.807) is 0 Å². The van der Waals surface area contributed by atoms with Gasteiger partial charge in [-0.1, -0.05) is 13.8 Å². The number of rotatable bonds is 3. The minimum atomic E-state index is -3.50. The lowest BCUT2D eigenvalue weighted by Gasteiger charge is -2.39. The van der Waals surface area contributed by atoms with Gasteiger partial charge in [-0.25, -0.2) is 0 Å². The highest BCUT2D eigenvalue weighted by molar-refractivity contribution is 7.86. The van der Waals surface area contributed by atoms with Gasteiger partial charge in [0.15, 0.2) is 0 Å². The molecule has 2 saturated heterocycles. The number of hydrogen-bond acceptors (Lipinski definition) is 3. The predicted molar refractivity (Wildman–Crippen MR) is 75.4 cm³/mol. The normalized spacial score (nSPS) is 34.0. The van der Waals surface area contributed by atoms with Gasteiger partial charge >= 0.3 is 5.97 Å². The highest BCUT2D eigenvalue weighted by Crippen LogP contribution is 2.27. The standard InChI is InChI=1S/C13H24N2O4S/c1-10-5-7-15(8-11(10)2)20(18,19)14-6-3-4-12(9-14)13(16)17/h10-12H,3-9H2,1-2H3,(H,16,17). The Morgan fingerprint density at radius 1 is 1.05 bits per heavy atom. The second kappa shape index (κ2) is 5.99. The van der Waals surface area contributed by atoms with Crippen molar-refractivity contribution in [2.75, 3.05) is 26.2 Å². The molecule has 116 valence electrons. The van der Waals surface area contributed by atoms with E-state index >= 15 is 0 Å². The molecule has 6 nitrogen and oxygen atoms in total. The largest absolute Gasteiger partial charge is 0.481 e. The number of carboxylic acid groups (broad SMARTS) is 1. The van der Waals surface area contributed by atoms with E-state index in [2.05, 4.69) is 13.8 Å². The van der Waals surface area contributed by atoms with Crippen molar-refractivity contribution in [3.63, 3.8) is 0 Å². The summed E-state index contributed by atoms with van der Waals surface area (Å²) in [6.45, 7) is 5.85. The van der Waals surface area contributed by atoms with Gasteiger partial charge in [-0.2, -0.15) is 17.0 Å². The first-order valence-electron chi connectivity index (χ1n) is 7.30. The molecule has 2 aliphatic heterocycles. The zero-order valence-corrected chi connectivity index (χ0v) is 13.0. The molecule has 0 radical (unpaired) electrons. The zero-order chi connectivity index (χ0) is 14.9. The fourth-order valence-electron chi connectivity index (χ4n) is 2.95. The highest BCUT2D eigenvalue weighted by Gasteiger charge is 2.38. The number of aliphatic carboxylic acids is 1. The number of piperidine rings is 2. The minimum Gasteiger partial charge on any atom is -0.481 e. The lowest BCUT2D eigenvalue weighted by atomic mass is 9.90. The number of hydrogen-bond donors (Lipinski definition) is 1. The van der Waals surface area contributed by atoms with Crippen molar-refractivity contribution in [3.8, 4) is 0 Å². The van der Waals surface area contributed by atoms with Gasteiger partial charge in [0.05, 0.1) is 5.92 Å². The monoisotopic (exact) mass is 304 g/mol. The predicted octanol–water partition coefficient (Wildman–Crippen LogP) is 1.01. The Balaban J connectivity index is 2.08. The molecule has 2 aliphatic rings. The zero-order valence-electron chi connectivity index (χ0n) is 12.2. The lowest BCUT2D eigenvalue weighted by molar-refractivity contribution is -0.142. The summed E-state index contributed by atoms with van der Waals surface area (Å²) in [6.07, 6.45) is 2.06. The SMILES string of the molecule is CC1CCN(S(=O)(=O)N2CCCC(C(=O)O)C2)CC1C. The van der Waals surface area contributed by atoms with Gasteiger partial charge in [-0.05, 0) is 31.1 Å². The molecule has 0 aliphatic carbocycles. The van der Waals surface area contributed by atoms with E-state index < -0.39 is 22.1 Å². The first kappa shape index (κ1) is 15.7. The smallest absolute Gasteiger partial charge is 0.307 e. The Morgan fingerprint density at radius 3 is 2.30 bits per heavy atom. The van der Waals surface area contributed by atoms with Crippen LogP contribution in [-0.2, 0) is 15.0 Å². The summed E-state index contributed by atoms with van der Waals surface area (Å²) in [5.74, 6) is -0.585. The van der Waals surface area contributed by atoms with Crippen molar-refractivity contribution in [1.29, 1.82) is 0 Å². The average molecular weight is 304 g/mol. The van der Waals surface area contributed by atoms with Crippen LogP contribution >= 0.6 is 0 Å². The Kier molecular flexibility index (Phi) is 4.71. The third-order valence-electron chi connectivity index (χ3n) is 4.68. The molecular formula is C13H24N2O4S. The molecule has 0 aromatic carbocycles. The molecule has 2 fully saturated rings. The molecule has 0 aromatic rings. The molecule has 2 rings (SSSR count). The van der Waals surface area contributed by atoms with Gasteiger partial charge in [0.25, 0.3) is 10.2 Å². The highest BCUT2D eigenvalue weighted by atomic mass is 32.2. The second-order valence-electron chi connectivity index (χ2n) is 6.14. The van der Waals surface area contributed by atoms with E-state index in [4.69, 9.17) is 5.11 Å². The molecule has 2 heterocycles.